The molecule has 0 aliphatic carbocycles. The number of hydrogen-bond donors (Lipinski definition) is 2. The highest BCUT2D eigenvalue weighted by atomic mass is 19.4. The number of amides is 2. The van der Waals surface area contributed by atoms with Gasteiger partial charge in [-0.3, -0.25) is 14.7 Å². The molecule has 0 spiro atoms. The highest BCUT2D eigenvalue weighted by molar-refractivity contribution is 6.20. The number of nitrogens with one attached hydrogen (secondary N) is 2. The second-order valence-corrected chi connectivity index (χ2v) is 8.06. The quantitative estimate of drug-likeness (QED) is 0.683. The number of aromatic nitrogens is 2. The summed E-state index contributed by atoms with van der Waals surface area (Å²) >= 11 is 0. The Morgan fingerprint density at radius 1 is 1.22 bits per heavy atom. The molecule has 172 valence electrons. The molecule has 1 aliphatic rings. The largest absolute Gasteiger partial charge is 0.433 e. The molecular formula is C21H21F5N4O2. The van der Waals surface area contributed by atoms with Gasteiger partial charge in [0.1, 0.15) is 11.4 Å². The van der Waals surface area contributed by atoms with Crippen LogP contribution in [0.25, 0.3) is 5.57 Å². The van der Waals surface area contributed by atoms with Gasteiger partial charge in [0.05, 0.1) is 5.57 Å². The van der Waals surface area contributed by atoms with E-state index < -0.39 is 40.7 Å². The molecule has 3 rings (SSSR count). The molecule has 0 atom stereocenters. The summed E-state index contributed by atoms with van der Waals surface area (Å²) in [7, 11) is 0. The Balaban J connectivity index is 2.16. The first-order valence-electron chi connectivity index (χ1n) is 9.79. The summed E-state index contributed by atoms with van der Waals surface area (Å²) in [6.07, 6.45) is -3.10. The van der Waals surface area contributed by atoms with E-state index in [9.17, 15) is 31.5 Å². The molecule has 0 radical (unpaired) electrons. The topological polar surface area (TPSA) is 78.1 Å². The minimum absolute atomic E-state index is 0.221. The summed E-state index contributed by atoms with van der Waals surface area (Å²) in [6, 6.07) is 2.53. The van der Waals surface area contributed by atoms with Crippen molar-refractivity contribution in [1.82, 2.24) is 20.4 Å². The van der Waals surface area contributed by atoms with Crippen molar-refractivity contribution in [2.75, 3.05) is 13.1 Å². The minimum Gasteiger partial charge on any atom is -0.352 e. The molecule has 32 heavy (non-hydrogen) atoms. The highest BCUT2D eigenvalue weighted by Crippen LogP contribution is 2.42. The summed E-state index contributed by atoms with van der Waals surface area (Å²) in [5, 5.41) is 8.31. The average molecular weight is 456 g/mol. The summed E-state index contributed by atoms with van der Waals surface area (Å²) in [6.45, 7) is 4.73. The first kappa shape index (κ1) is 23.4. The normalized spacial score (nSPS) is 15.6. The fourth-order valence-electron chi connectivity index (χ4n) is 3.59. The predicted octanol–water partition coefficient (Wildman–Crippen LogP) is 4.01. The molecule has 2 N–H and O–H groups in total. The van der Waals surface area contributed by atoms with Crippen molar-refractivity contribution in [2.24, 2.45) is 0 Å². The van der Waals surface area contributed by atoms with E-state index in [1.165, 1.54) is 13.8 Å². The zero-order chi connectivity index (χ0) is 23.8. The first-order chi connectivity index (χ1) is 14.9. The van der Waals surface area contributed by atoms with Gasteiger partial charge in [-0.25, -0.2) is 8.78 Å². The monoisotopic (exact) mass is 456 g/mol. The number of carbonyl (C=O) groups is 2. The highest BCUT2D eigenvalue weighted by Gasteiger charge is 2.45. The smallest absolute Gasteiger partial charge is 0.352 e. The van der Waals surface area contributed by atoms with E-state index in [4.69, 9.17) is 0 Å². The standard InChI is InChI=1S/C21H21F5N4O2/c1-4-7-27-18(31)12-9-30(19(32)11-5-6-13(22)14(23)8-11)10-20(2,3)15-16(12)28-29-17(15)21(24,25)26/h5-6,8-9H,4,7,10H2,1-3H3,(H,27,31)(H,28,29). The number of H-pyrrole nitrogens is 1. The van der Waals surface area contributed by atoms with E-state index in [0.29, 0.717) is 12.5 Å². The molecule has 0 unspecified atom stereocenters. The summed E-state index contributed by atoms with van der Waals surface area (Å²) in [5.41, 5.74) is -3.37. The number of fused-ring (bicyclic) bond motifs is 1. The van der Waals surface area contributed by atoms with Crippen molar-refractivity contribution < 1.29 is 31.5 Å². The number of aromatic amines is 1. The van der Waals surface area contributed by atoms with Crippen LogP contribution in [0.15, 0.2) is 24.4 Å². The molecule has 1 aromatic heterocycles. The molecule has 2 aromatic rings. The van der Waals surface area contributed by atoms with E-state index in [1.54, 1.807) is 6.92 Å². The van der Waals surface area contributed by atoms with Gasteiger partial charge in [0, 0.05) is 35.8 Å². The van der Waals surface area contributed by atoms with Crippen LogP contribution in [-0.2, 0) is 16.4 Å². The van der Waals surface area contributed by atoms with Crippen LogP contribution in [0.4, 0.5) is 22.0 Å². The lowest BCUT2D eigenvalue weighted by Gasteiger charge is -2.30. The molecule has 0 saturated heterocycles. The van der Waals surface area contributed by atoms with Crippen molar-refractivity contribution in [1.29, 1.82) is 0 Å². The van der Waals surface area contributed by atoms with Crippen LogP contribution < -0.4 is 5.32 Å². The van der Waals surface area contributed by atoms with Gasteiger partial charge in [0.15, 0.2) is 11.6 Å². The predicted molar refractivity (Wildman–Crippen MR) is 105 cm³/mol. The molecule has 6 nitrogen and oxygen atoms in total. The lowest BCUT2D eigenvalue weighted by Crippen LogP contribution is -2.38. The number of hydrogen-bond acceptors (Lipinski definition) is 3. The third-order valence-electron chi connectivity index (χ3n) is 5.04. The molecule has 0 saturated carbocycles. The third-order valence-corrected chi connectivity index (χ3v) is 5.04. The molecule has 0 bridgehead atoms. The molecule has 1 aromatic carbocycles. The van der Waals surface area contributed by atoms with E-state index in [0.717, 1.165) is 23.2 Å². The van der Waals surface area contributed by atoms with Crippen molar-refractivity contribution >= 4 is 17.4 Å². The van der Waals surface area contributed by atoms with Gasteiger partial charge in [-0.2, -0.15) is 18.3 Å². The maximum absolute atomic E-state index is 13.7. The lowest BCUT2D eigenvalue weighted by molar-refractivity contribution is -0.142. The maximum Gasteiger partial charge on any atom is 0.433 e. The molecule has 2 heterocycles. The Morgan fingerprint density at radius 2 is 1.91 bits per heavy atom. The second kappa shape index (κ2) is 8.36. The van der Waals surface area contributed by atoms with Crippen LogP contribution >= 0.6 is 0 Å². The van der Waals surface area contributed by atoms with Gasteiger partial charge in [-0.1, -0.05) is 20.8 Å². The number of nitrogens with zero attached hydrogens (tertiary/aromatic N) is 2. The number of halogens is 5. The van der Waals surface area contributed by atoms with Gasteiger partial charge in [-0.15, -0.1) is 0 Å². The summed E-state index contributed by atoms with van der Waals surface area (Å²) < 4.78 is 68.0. The third kappa shape index (κ3) is 4.37. The molecule has 0 fully saturated rings. The molecule has 2 amide bonds. The number of carbonyl (C=O) groups excluding carboxylic acids is 2. The van der Waals surface area contributed by atoms with Crippen molar-refractivity contribution in [2.45, 2.75) is 38.8 Å². The van der Waals surface area contributed by atoms with Crippen LogP contribution in [0.2, 0.25) is 0 Å². The van der Waals surface area contributed by atoms with Crippen molar-refractivity contribution in [3.05, 3.63) is 58.5 Å². The second-order valence-electron chi connectivity index (χ2n) is 8.06. The number of alkyl halides is 3. The minimum atomic E-state index is -4.78. The van der Waals surface area contributed by atoms with Crippen LogP contribution in [0.5, 0.6) is 0 Å². The number of rotatable bonds is 4. The van der Waals surface area contributed by atoms with Gasteiger partial charge in [-0.05, 0) is 24.6 Å². The zero-order valence-electron chi connectivity index (χ0n) is 17.5. The van der Waals surface area contributed by atoms with Gasteiger partial charge < -0.3 is 10.2 Å². The SMILES string of the molecule is CCCNC(=O)C1=CN(C(=O)c2ccc(F)c(F)c2)CC(C)(C)c2c1n[nH]c2C(F)(F)F. The Kier molecular flexibility index (Phi) is 6.12. The van der Waals surface area contributed by atoms with Crippen LogP contribution in [0, 0.1) is 11.6 Å². The molecule has 11 heteroatoms. The van der Waals surface area contributed by atoms with Gasteiger partial charge in [0.25, 0.3) is 11.8 Å². The summed E-state index contributed by atoms with van der Waals surface area (Å²) in [4.78, 5) is 26.9. The first-order valence-corrected chi connectivity index (χ1v) is 9.79. The van der Waals surface area contributed by atoms with E-state index in [2.05, 4.69) is 10.4 Å². The van der Waals surface area contributed by atoms with E-state index >= 15 is 0 Å². The maximum atomic E-state index is 13.7. The number of benzene rings is 1. The lowest BCUT2D eigenvalue weighted by atomic mass is 9.81. The van der Waals surface area contributed by atoms with E-state index in [-0.39, 0.29) is 35.5 Å². The van der Waals surface area contributed by atoms with Gasteiger partial charge >= 0.3 is 6.18 Å². The Labute approximate surface area is 180 Å². The Bertz CT molecular complexity index is 1090. The van der Waals surface area contributed by atoms with Crippen LogP contribution in [0.1, 0.15) is 54.5 Å². The van der Waals surface area contributed by atoms with E-state index in [1.807, 2.05) is 5.10 Å². The fraction of sp³-hybridized carbons (Fsp3) is 0.381. The van der Waals surface area contributed by atoms with Crippen molar-refractivity contribution in [3.8, 4) is 0 Å². The molecule has 1 aliphatic heterocycles. The van der Waals surface area contributed by atoms with Crippen LogP contribution in [0.3, 0.4) is 0 Å². The van der Waals surface area contributed by atoms with Gasteiger partial charge in [0.2, 0.25) is 0 Å². The fourth-order valence-corrected chi connectivity index (χ4v) is 3.59. The Morgan fingerprint density at radius 3 is 2.50 bits per heavy atom. The molecular weight excluding hydrogens is 435 g/mol. The Hall–Kier alpha value is -3.24. The van der Waals surface area contributed by atoms with Crippen molar-refractivity contribution in [3.63, 3.8) is 0 Å². The van der Waals surface area contributed by atoms with Crippen LogP contribution in [-0.4, -0.2) is 40.0 Å². The zero-order valence-corrected chi connectivity index (χ0v) is 17.5. The summed E-state index contributed by atoms with van der Waals surface area (Å²) in [5.74, 6) is -3.92. The average Bonchev–Trinajstić information content (AvgIpc) is 3.13.